The average Bonchev–Trinajstić information content (AvgIpc) is 3.05. The van der Waals surface area contributed by atoms with Crippen molar-refractivity contribution in [2.24, 2.45) is 11.8 Å². The second-order valence-electron chi connectivity index (χ2n) is 10.7. The molecule has 0 aromatic heterocycles. The molecule has 0 aliphatic carbocycles. The summed E-state index contributed by atoms with van der Waals surface area (Å²) in [5, 5.41) is 19.2. The molecule has 0 unspecified atom stereocenters. The fourth-order valence-corrected chi connectivity index (χ4v) is 5.11. The highest BCUT2D eigenvalue weighted by Crippen LogP contribution is 2.24. The minimum absolute atomic E-state index is 0. The zero-order valence-corrected chi connectivity index (χ0v) is 26.0. The van der Waals surface area contributed by atoms with Gasteiger partial charge in [0.25, 0.3) is 5.69 Å². The molecular weight excluding hydrogens is 671 g/mol. The summed E-state index contributed by atoms with van der Waals surface area (Å²) in [6.45, 7) is 2.21. The van der Waals surface area contributed by atoms with Gasteiger partial charge in [-0.15, -0.1) is 0 Å². The summed E-state index contributed by atoms with van der Waals surface area (Å²) in [5.41, 5.74) is 0.614. The van der Waals surface area contributed by atoms with Gasteiger partial charge in [0.05, 0.1) is 26.8 Å². The predicted molar refractivity (Wildman–Crippen MR) is 183 cm³/mol. The Balaban J connectivity index is 0.000000361. The molecule has 3 amide bonds. The van der Waals surface area contributed by atoms with Crippen LogP contribution in [0.25, 0.3) is 0 Å². The van der Waals surface area contributed by atoms with Crippen molar-refractivity contribution in [1.29, 1.82) is 0 Å². The number of nitro groups is 1. The van der Waals surface area contributed by atoms with E-state index in [2.05, 4.69) is 16.0 Å². The first kappa shape index (κ1) is 39.8. The van der Waals surface area contributed by atoms with Crippen LogP contribution in [0.4, 0.5) is 30.6 Å². The second-order valence-corrected chi connectivity index (χ2v) is 11.5. The van der Waals surface area contributed by atoms with Crippen molar-refractivity contribution < 1.29 is 32.8 Å². The normalized spacial score (nSPS) is 16.9. The second kappa shape index (κ2) is 18.9. The standard InChI is InChI=1S/C19H17ClFN3O5.C12H14ClFN2O.2CH4/c20-16-8-3-13(10-17(16)21)22-18(25)12-2-1-9-23(11-12)19(26)29-15-6-4-14(5-7-15)24(27)28;13-10-4-3-9(6-11(10)14)16-12(17)8-2-1-5-15-7-8;;/h3-8,10,12H,1-2,9,11H2,(H,22,25);3-4,6,8,15H,1-2,5,7H2,(H,16,17);2*1H4/t12-;8-;;/m00../s1. The Bertz CT molecular complexity index is 1570. The minimum Gasteiger partial charge on any atom is -0.410 e. The van der Waals surface area contributed by atoms with Gasteiger partial charge in [-0.3, -0.25) is 19.7 Å². The van der Waals surface area contributed by atoms with E-state index in [4.69, 9.17) is 27.9 Å². The van der Waals surface area contributed by atoms with E-state index in [1.165, 1.54) is 53.4 Å². The summed E-state index contributed by atoms with van der Waals surface area (Å²) in [6, 6.07) is 13.4. The maximum atomic E-state index is 13.5. The van der Waals surface area contributed by atoms with Gasteiger partial charge in [-0.2, -0.15) is 0 Å². The smallest absolute Gasteiger partial charge is 0.410 e. The Morgan fingerprint density at radius 3 is 1.90 bits per heavy atom. The van der Waals surface area contributed by atoms with Gasteiger partial charge in [-0.25, -0.2) is 13.6 Å². The fourth-order valence-electron chi connectivity index (χ4n) is 4.87. The van der Waals surface area contributed by atoms with Gasteiger partial charge in [0.1, 0.15) is 17.4 Å². The minimum atomic E-state index is -0.645. The van der Waals surface area contributed by atoms with Crippen molar-refractivity contribution >= 4 is 58.2 Å². The number of halogens is 4. The highest BCUT2D eigenvalue weighted by Gasteiger charge is 2.30. The molecule has 15 heteroatoms. The number of piperidine rings is 2. The maximum absolute atomic E-state index is 13.5. The number of carbonyl (C=O) groups is 3. The molecule has 260 valence electrons. The van der Waals surface area contributed by atoms with Gasteiger partial charge in [-0.05, 0) is 80.8 Å². The molecule has 0 saturated carbocycles. The van der Waals surface area contributed by atoms with E-state index in [-0.39, 0.29) is 66.3 Å². The molecule has 2 atom stereocenters. The third kappa shape index (κ3) is 11.4. The summed E-state index contributed by atoms with van der Waals surface area (Å²) in [7, 11) is 0. The first-order valence-corrected chi connectivity index (χ1v) is 15.2. The number of ether oxygens (including phenoxy) is 1. The lowest BCUT2D eigenvalue weighted by Gasteiger charge is -2.31. The lowest BCUT2D eigenvalue weighted by atomic mass is 9.97. The fraction of sp³-hybridized carbons (Fsp3) is 0.364. The lowest BCUT2D eigenvalue weighted by Crippen LogP contribution is -2.44. The molecule has 2 aliphatic rings. The zero-order chi connectivity index (χ0) is 33.2. The van der Waals surface area contributed by atoms with Crippen LogP contribution in [0.1, 0.15) is 40.5 Å². The van der Waals surface area contributed by atoms with Crippen LogP contribution in [0.15, 0.2) is 60.7 Å². The number of anilines is 2. The summed E-state index contributed by atoms with van der Waals surface area (Å²) >= 11 is 11.2. The van der Waals surface area contributed by atoms with Crippen LogP contribution in [-0.4, -0.2) is 53.9 Å². The Morgan fingerprint density at radius 1 is 0.854 bits per heavy atom. The molecule has 3 aromatic carbocycles. The van der Waals surface area contributed by atoms with Crippen LogP contribution in [-0.2, 0) is 9.59 Å². The Morgan fingerprint density at radius 2 is 1.40 bits per heavy atom. The topological polar surface area (TPSA) is 143 Å². The number of rotatable bonds is 6. The number of hydrogen-bond donors (Lipinski definition) is 3. The van der Waals surface area contributed by atoms with Crippen LogP contribution in [0.5, 0.6) is 5.75 Å². The Kier molecular flexibility index (Phi) is 15.7. The molecule has 5 rings (SSSR count). The van der Waals surface area contributed by atoms with Crippen LogP contribution in [0.2, 0.25) is 10.0 Å². The number of nitrogens with one attached hydrogen (secondary N) is 3. The number of nitrogens with zero attached hydrogens (tertiary/aromatic N) is 2. The summed E-state index contributed by atoms with van der Waals surface area (Å²) < 4.78 is 31.9. The van der Waals surface area contributed by atoms with Gasteiger partial charge in [0, 0.05) is 43.1 Å². The van der Waals surface area contributed by atoms with Crippen LogP contribution in [0, 0.1) is 33.6 Å². The molecule has 11 nitrogen and oxygen atoms in total. The molecule has 0 spiro atoms. The largest absolute Gasteiger partial charge is 0.415 e. The third-order valence-corrected chi connectivity index (χ3v) is 7.96. The van der Waals surface area contributed by atoms with Crippen molar-refractivity contribution in [2.75, 3.05) is 36.8 Å². The van der Waals surface area contributed by atoms with Gasteiger partial charge in [0.15, 0.2) is 0 Å². The van der Waals surface area contributed by atoms with E-state index in [9.17, 15) is 33.3 Å². The summed E-state index contributed by atoms with van der Waals surface area (Å²) in [5.74, 6) is -1.91. The highest BCUT2D eigenvalue weighted by molar-refractivity contribution is 6.31. The molecule has 0 radical (unpaired) electrons. The number of likely N-dealkylation sites (tertiary alicyclic amines) is 1. The van der Waals surface area contributed by atoms with Crippen molar-refractivity contribution in [3.8, 4) is 5.75 Å². The van der Waals surface area contributed by atoms with Crippen LogP contribution >= 0.6 is 23.2 Å². The number of carbonyl (C=O) groups excluding carboxylic acids is 3. The first-order valence-electron chi connectivity index (χ1n) is 14.4. The number of nitro benzene ring substituents is 1. The van der Waals surface area contributed by atoms with E-state index in [0.29, 0.717) is 31.6 Å². The molecule has 48 heavy (non-hydrogen) atoms. The van der Waals surface area contributed by atoms with Gasteiger partial charge < -0.3 is 25.6 Å². The van der Waals surface area contributed by atoms with E-state index in [0.717, 1.165) is 25.5 Å². The summed E-state index contributed by atoms with van der Waals surface area (Å²) in [4.78, 5) is 48.2. The SMILES string of the molecule is C.C.O=C(Nc1ccc(Cl)c(F)c1)[C@H]1CCCN(C(=O)Oc2ccc([N+](=O)[O-])cc2)C1.O=C(Nc1ccc(Cl)c(F)c1)[C@H]1CCCNC1. The van der Waals surface area contributed by atoms with Crippen molar-refractivity contribution in [2.45, 2.75) is 40.5 Å². The highest BCUT2D eigenvalue weighted by atomic mass is 35.5. The number of non-ortho nitro benzene ring substituents is 1. The van der Waals surface area contributed by atoms with Crippen molar-refractivity contribution in [3.05, 3.63) is 92.5 Å². The lowest BCUT2D eigenvalue weighted by molar-refractivity contribution is -0.384. The maximum Gasteiger partial charge on any atom is 0.415 e. The molecule has 2 aliphatic heterocycles. The molecule has 3 aromatic rings. The average molecular weight is 711 g/mol. The van der Waals surface area contributed by atoms with Gasteiger partial charge in [-0.1, -0.05) is 38.1 Å². The number of benzene rings is 3. The molecular formula is C33H39Cl2F2N5O6. The molecule has 0 bridgehead atoms. The van der Waals surface area contributed by atoms with Crippen molar-refractivity contribution in [1.82, 2.24) is 10.2 Å². The van der Waals surface area contributed by atoms with E-state index in [1.54, 1.807) is 6.07 Å². The summed E-state index contributed by atoms with van der Waals surface area (Å²) in [6.07, 6.45) is 2.39. The predicted octanol–water partition coefficient (Wildman–Crippen LogP) is 7.93. The molecule has 2 heterocycles. The molecule has 3 N–H and O–H groups in total. The number of amides is 3. The van der Waals surface area contributed by atoms with Gasteiger partial charge >= 0.3 is 6.09 Å². The van der Waals surface area contributed by atoms with Gasteiger partial charge in [0.2, 0.25) is 11.8 Å². The first-order chi connectivity index (χ1) is 22.0. The Labute approximate surface area is 288 Å². The molecule has 2 fully saturated rings. The zero-order valence-electron chi connectivity index (χ0n) is 24.4. The van der Waals surface area contributed by atoms with E-state index >= 15 is 0 Å². The number of hydrogen-bond acceptors (Lipinski definition) is 7. The Hall–Kier alpha value is -4.33. The van der Waals surface area contributed by atoms with Crippen LogP contribution in [0.3, 0.4) is 0 Å². The van der Waals surface area contributed by atoms with E-state index in [1.807, 2.05) is 0 Å². The monoisotopic (exact) mass is 709 g/mol. The van der Waals surface area contributed by atoms with Crippen molar-refractivity contribution in [3.63, 3.8) is 0 Å². The molecule has 2 saturated heterocycles. The van der Waals surface area contributed by atoms with Crippen LogP contribution < -0.4 is 20.7 Å². The van der Waals surface area contributed by atoms with E-state index < -0.39 is 28.6 Å². The third-order valence-electron chi connectivity index (χ3n) is 7.35. The quantitative estimate of drug-likeness (QED) is 0.174.